The summed E-state index contributed by atoms with van der Waals surface area (Å²) in [7, 11) is 0. The highest BCUT2D eigenvalue weighted by molar-refractivity contribution is 7.16. The van der Waals surface area contributed by atoms with Crippen molar-refractivity contribution in [3.8, 4) is 5.75 Å². The van der Waals surface area contributed by atoms with E-state index in [0.717, 1.165) is 16.1 Å². The summed E-state index contributed by atoms with van der Waals surface area (Å²) in [5.41, 5.74) is 0.568. The standard InChI is InChI=1S/C21H15FN4OS/c22-18-8-4-3-7-16(18)12-19-23-24-21-26(19)25-20(28-21)13-27-17-10-9-14-5-1-2-6-15(14)11-17/h1-11H,12-13H2. The number of rotatable bonds is 5. The van der Waals surface area contributed by atoms with E-state index in [1.54, 1.807) is 22.7 Å². The van der Waals surface area contributed by atoms with Crippen LogP contribution in [-0.4, -0.2) is 19.8 Å². The van der Waals surface area contributed by atoms with Gasteiger partial charge in [-0.2, -0.15) is 9.61 Å². The predicted molar refractivity (Wildman–Crippen MR) is 106 cm³/mol. The number of aromatic nitrogens is 4. The molecule has 28 heavy (non-hydrogen) atoms. The van der Waals surface area contributed by atoms with Gasteiger partial charge in [0.1, 0.15) is 18.2 Å². The normalized spacial score (nSPS) is 11.3. The largest absolute Gasteiger partial charge is 0.486 e. The minimum Gasteiger partial charge on any atom is -0.486 e. The molecule has 0 radical (unpaired) electrons. The van der Waals surface area contributed by atoms with Crippen molar-refractivity contribution >= 4 is 27.1 Å². The second-order valence-corrected chi connectivity index (χ2v) is 7.41. The van der Waals surface area contributed by atoms with Gasteiger partial charge in [0, 0.05) is 6.42 Å². The third kappa shape index (κ3) is 3.20. The van der Waals surface area contributed by atoms with Crippen LogP contribution in [0, 0.1) is 5.82 Å². The maximum Gasteiger partial charge on any atom is 0.234 e. The molecule has 0 aliphatic carbocycles. The molecule has 0 aliphatic heterocycles. The van der Waals surface area contributed by atoms with Crippen molar-refractivity contribution in [1.29, 1.82) is 0 Å². The molecule has 0 fully saturated rings. The van der Waals surface area contributed by atoms with Gasteiger partial charge in [0.25, 0.3) is 0 Å². The van der Waals surface area contributed by atoms with Crippen molar-refractivity contribution < 1.29 is 9.13 Å². The quantitative estimate of drug-likeness (QED) is 0.438. The molecule has 2 heterocycles. The lowest BCUT2D eigenvalue weighted by atomic mass is 10.1. The molecule has 0 bridgehead atoms. The van der Waals surface area contributed by atoms with Crippen LogP contribution in [0.2, 0.25) is 0 Å². The van der Waals surface area contributed by atoms with E-state index in [2.05, 4.69) is 27.4 Å². The summed E-state index contributed by atoms with van der Waals surface area (Å²) in [6.45, 7) is 0.339. The zero-order valence-corrected chi connectivity index (χ0v) is 15.6. The van der Waals surface area contributed by atoms with E-state index in [0.29, 0.717) is 29.4 Å². The first kappa shape index (κ1) is 16.8. The van der Waals surface area contributed by atoms with E-state index in [1.807, 2.05) is 30.3 Å². The molecule has 2 aromatic heterocycles. The Labute approximate surface area is 164 Å². The number of nitrogens with zero attached hydrogens (tertiary/aromatic N) is 4. The Morgan fingerprint density at radius 1 is 0.929 bits per heavy atom. The van der Waals surface area contributed by atoms with Gasteiger partial charge in [-0.1, -0.05) is 59.9 Å². The van der Waals surface area contributed by atoms with E-state index in [1.165, 1.54) is 22.8 Å². The average Bonchev–Trinajstić information content (AvgIpc) is 3.29. The lowest BCUT2D eigenvalue weighted by Gasteiger charge is -2.05. The molecule has 0 spiro atoms. The topological polar surface area (TPSA) is 52.3 Å². The Morgan fingerprint density at radius 3 is 2.64 bits per heavy atom. The molecule has 5 rings (SSSR count). The summed E-state index contributed by atoms with van der Waals surface area (Å²) >= 11 is 1.42. The van der Waals surface area contributed by atoms with Gasteiger partial charge in [-0.15, -0.1) is 10.2 Å². The lowest BCUT2D eigenvalue weighted by Crippen LogP contribution is -2.01. The summed E-state index contributed by atoms with van der Waals surface area (Å²) in [4.78, 5) is 0.670. The molecule has 0 aliphatic rings. The van der Waals surface area contributed by atoms with Gasteiger partial charge < -0.3 is 4.74 Å². The maximum atomic E-state index is 13.9. The third-order valence-corrected chi connectivity index (χ3v) is 5.36. The molecular formula is C21H15FN4OS. The highest BCUT2D eigenvalue weighted by atomic mass is 32.1. The Balaban J connectivity index is 1.35. The molecule has 138 valence electrons. The summed E-state index contributed by atoms with van der Waals surface area (Å²) in [6.07, 6.45) is 0.336. The zero-order chi connectivity index (χ0) is 18.9. The van der Waals surface area contributed by atoms with Crippen LogP contribution < -0.4 is 4.74 Å². The van der Waals surface area contributed by atoms with Gasteiger partial charge in [0.2, 0.25) is 4.96 Å². The lowest BCUT2D eigenvalue weighted by molar-refractivity contribution is 0.304. The highest BCUT2D eigenvalue weighted by Crippen LogP contribution is 2.23. The number of benzene rings is 3. The first-order valence-electron chi connectivity index (χ1n) is 8.81. The average molecular weight is 390 g/mol. The molecule has 5 aromatic rings. The summed E-state index contributed by atoms with van der Waals surface area (Å²) < 4.78 is 21.5. The number of hydrogen-bond acceptors (Lipinski definition) is 5. The van der Waals surface area contributed by atoms with Crippen LogP contribution in [0.15, 0.2) is 66.7 Å². The number of hydrogen-bond donors (Lipinski definition) is 0. The van der Waals surface area contributed by atoms with E-state index in [4.69, 9.17) is 4.74 Å². The smallest absolute Gasteiger partial charge is 0.234 e. The van der Waals surface area contributed by atoms with Crippen molar-refractivity contribution in [3.63, 3.8) is 0 Å². The number of fused-ring (bicyclic) bond motifs is 2. The Morgan fingerprint density at radius 2 is 1.75 bits per heavy atom. The van der Waals surface area contributed by atoms with Crippen LogP contribution in [0.4, 0.5) is 4.39 Å². The minimum absolute atomic E-state index is 0.255. The van der Waals surface area contributed by atoms with E-state index < -0.39 is 0 Å². The molecule has 0 amide bonds. The fraction of sp³-hybridized carbons (Fsp3) is 0.0952. The summed E-state index contributed by atoms with van der Waals surface area (Å²) in [5.74, 6) is 1.14. The summed E-state index contributed by atoms with van der Waals surface area (Å²) in [5, 5.41) is 15.9. The van der Waals surface area contributed by atoms with E-state index in [9.17, 15) is 4.39 Å². The number of ether oxygens (including phenoxy) is 1. The molecule has 0 saturated heterocycles. The fourth-order valence-corrected chi connectivity index (χ4v) is 3.85. The third-order valence-electron chi connectivity index (χ3n) is 4.49. The van der Waals surface area contributed by atoms with Crippen LogP contribution in [0.25, 0.3) is 15.7 Å². The monoisotopic (exact) mass is 390 g/mol. The molecule has 7 heteroatoms. The van der Waals surface area contributed by atoms with Gasteiger partial charge >= 0.3 is 0 Å². The van der Waals surface area contributed by atoms with Crippen LogP contribution in [0.5, 0.6) is 5.75 Å². The molecular weight excluding hydrogens is 375 g/mol. The van der Waals surface area contributed by atoms with Gasteiger partial charge in [0.05, 0.1) is 0 Å². The molecule has 0 saturated carbocycles. The van der Waals surface area contributed by atoms with Crippen molar-refractivity contribution in [2.75, 3.05) is 0 Å². The van der Waals surface area contributed by atoms with Crippen LogP contribution in [-0.2, 0) is 13.0 Å². The molecule has 0 unspecified atom stereocenters. The van der Waals surface area contributed by atoms with Crippen molar-refractivity contribution in [1.82, 2.24) is 19.8 Å². The predicted octanol–water partition coefficient (Wildman–Crippen LogP) is 4.65. The molecule has 0 N–H and O–H groups in total. The highest BCUT2D eigenvalue weighted by Gasteiger charge is 2.14. The van der Waals surface area contributed by atoms with Crippen LogP contribution in [0.1, 0.15) is 16.4 Å². The number of halogens is 1. The minimum atomic E-state index is -0.255. The van der Waals surface area contributed by atoms with Crippen molar-refractivity contribution in [3.05, 3.63) is 88.9 Å². The SMILES string of the molecule is Fc1ccccc1Cc1nnc2sc(COc3ccc4ccccc4c3)nn12. The van der Waals surface area contributed by atoms with Crippen molar-refractivity contribution in [2.45, 2.75) is 13.0 Å². The van der Waals surface area contributed by atoms with Crippen LogP contribution >= 0.6 is 11.3 Å². The zero-order valence-electron chi connectivity index (χ0n) is 14.7. The second kappa shape index (κ2) is 7.01. The van der Waals surface area contributed by atoms with Gasteiger partial charge in [-0.3, -0.25) is 0 Å². The van der Waals surface area contributed by atoms with Crippen LogP contribution in [0.3, 0.4) is 0 Å². The molecule has 5 nitrogen and oxygen atoms in total. The fourth-order valence-electron chi connectivity index (χ4n) is 3.08. The van der Waals surface area contributed by atoms with Crippen molar-refractivity contribution in [2.24, 2.45) is 0 Å². The maximum absolute atomic E-state index is 13.9. The van der Waals surface area contributed by atoms with E-state index in [-0.39, 0.29) is 5.82 Å². The van der Waals surface area contributed by atoms with Gasteiger partial charge in [-0.25, -0.2) is 4.39 Å². The Hall–Kier alpha value is -3.32. The molecule has 3 aromatic carbocycles. The second-order valence-electron chi connectivity index (χ2n) is 6.37. The Kier molecular flexibility index (Phi) is 4.21. The first-order valence-corrected chi connectivity index (χ1v) is 9.63. The van der Waals surface area contributed by atoms with Gasteiger partial charge in [0.15, 0.2) is 10.8 Å². The van der Waals surface area contributed by atoms with Gasteiger partial charge in [-0.05, 0) is 34.5 Å². The Bertz CT molecular complexity index is 1280. The molecule has 0 atom stereocenters. The first-order chi connectivity index (χ1) is 13.8. The summed E-state index contributed by atoms with van der Waals surface area (Å²) in [6, 6.07) is 20.8. The van der Waals surface area contributed by atoms with E-state index >= 15 is 0 Å².